The van der Waals surface area contributed by atoms with Gasteiger partial charge in [-0.2, -0.15) is 0 Å². The Morgan fingerprint density at radius 2 is 1.67 bits per heavy atom. The van der Waals surface area contributed by atoms with E-state index in [2.05, 4.69) is 17.0 Å². The third-order valence-corrected chi connectivity index (χ3v) is 5.67. The van der Waals surface area contributed by atoms with Crippen molar-refractivity contribution in [2.24, 2.45) is 11.8 Å². The summed E-state index contributed by atoms with van der Waals surface area (Å²) in [5, 5.41) is 0. The number of methoxy groups -OCH3 is 2. The van der Waals surface area contributed by atoms with Gasteiger partial charge in [0.1, 0.15) is 11.5 Å². The third kappa shape index (κ3) is 3.78. The van der Waals surface area contributed by atoms with Gasteiger partial charge in [-0.15, -0.1) is 0 Å². The molecule has 2 heterocycles. The molecule has 1 amide bonds. The van der Waals surface area contributed by atoms with Crippen LogP contribution in [0.5, 0.6) is 11.5 Å². The molecule has 0 unspecified atom stereocenters. The fraction of sp³-hybridized carbons (Fsp3) is 0.409. The smallest absolute Gasteiger partial charge is 0.227 e. The van der Waals surface area contributed by atoms with Crippen molar-refractivity contribution in [3.8, 4) is 11.5 Å². The lowest BCUT2D eigenvalue weighted by molar-refractivity contribution is -0.131. The number of hydrogen-bond donors (Lipinski definition) is 0. The van der Waals surface area contributed by atoms with Crippen LogP contribution < -0.4 is 9.47 Å². The first-order valence-corrected chi connectivity index (χ1v) is 9.43. The normalized spacial score (nSPS) is 22.1. The molecular weight excluding hydrogens is 340 g/mol. The molecule has 0 bridgehead atoms. The van der Waals surface area contributed by atoms with Gasteiger partial charge < -0.3 is 14.4 Å². The number of rotatable bonds is 6. The maximum Gasteiger partial charge on any atom is 0.227 e. The zero-order valence-corrected chi connectivity index (χ0v) is 15.9. The van der Waals surface area contributed by atoms with Gasteiger partial charge in [0.05, 0.1) is 20.1 Å². The topological polar surface area (TPSA) is 42.0 Å². The standard InChI is InChI=1S/C22H26N2O3/c1-26-19-8-6-16(7-9-19)12-24-14-18-13-23(15-21(18)22(24)25)11-17-4-3-5-20(10-17)27-2/h3-10,18,21H,11-15H2,1-2H3/t18-,21-/m0/s1. The molecule has 0 saturated carbocycles. The third-order valence-electron chi connectivity index (χ3n) is 5.67. The van der Waals surface area contributed by atoms with Gasteiger partial charge in [0, 0.05) is 38.6 Å². The first kappa shape index (κ1) is 17.9. The zero-order chi connectivity index (χ0) is 18.8. The summed E-state index contributed by atoms with van der Waals surface area (Å²) in [5.74, 6) is 2.59. The SMILES string of the molecule is COc1ccc(CN2C[C@@H]3CN(Cc4cccc(OC)c4)C[C@@H]3C2=O)cc1. The second-order valence-corrected chi connectivity index (χ2v) is 7.48. The van der Waals surface area contributed by atoms with Crippen molar-refractivity contribution in [3.63, 3.8) is 0 Å². The predicted molar refractivity (Wildman–Crippen MR) is 104 cm³/mol. The number of carbonyl (C=O) groups excluding carboxylic acids is 1. The Labute approximate surface area is 160 Å². The van der Waals surface area contributed by atoms with E-state index in [4.69, 9.17) is 9.47 Å². The summed E-state index contributed by atoms with van der Waals surface area (Å²) in [5.41, 5.74) is 2.38. The van der Waals surface area contributed by atoms with Gasteiger partial charge in [0.2, 0.25) is 5.91 Å². The number of benzene rings is 2. The first-order chi connectivity index (χ1) is 13.2. The highest BCUT2D eigenvalue weighted by atomic mass is 16.5. The molecule has 0 aromatic heterocycles. The Morgan fingerprint density at radius 3 is 2.37 bits per heavy atom. The maximum absolute atomic E-state index is 12.9. The second-order valence-electron chi connectivity index (χ2n) is 7.48. The van der Waals surface area contributed by atoms with Crippen LogP contribution in [0.25, 0.3) is 0 Å². The molecule has 4 rings (SSSR count). The molecule has 0 spiro atoms. The number of fused-ring (bicyclic) bond motifs is 1. The number of amides is 1. The molecule has 2 aromatic rings. The summed E-state index contributed by atoms with van der Waals surface area (Å²) in [4.78, 5) is 17.3. The summed E-state index contributed by atoms with van der Waals surface area (Å²) >= 11 is 0. The molecule has 5 heteroatoms. The van der Waals surface area contributed by atoms with Crippen LogP contribution in [0.4, 0.5) is 0 Å². The number of hydrogen-bond acceptors (Lipinski definition) is 4. The van der Waals surface area contributed by atoms with E-state index in [1.54, 1.807) is 14.2 Å². The lowest BCUT2D eigenvalue weighted by atomic mass is 10.0. The van der Waals surface area contributed by atoms with Gasteiger partial charge in [-0.25, -0.2) is 0 Å². The Kier molecular flexibility index (Phi) is 5.03. The van der Waals surface area contributed by atoms with Gasteiger partial charge in [0.25, 0.3) is 0 Å². The highest BCUT2D eigenvalue weighted by molar-refractivity contribution is 5.82. The molecule has 0 N–H and O–H groups in total. The van der Waals surface area contributed by atoms with Gasteiger partial charge in [0.15, 0.2) is 0 Å². The number of carbonyl (C=O) groups is 1. The Morgan fingerprint density at radius 1 is 0.889 bits per heavy atom. The summed E-state index contributed by atoms with van der Waals surface area (Å²) in [7, 11) is 3.35. The second kappa shape index (κ2) is 7.61. The van der Waals surface area contributed by atoms with E-state index >= 15 is 0 Å². The molecule has 0 radical (unpaired) electrons. The molecule has 5 nitrogen and oxygen atoms in total. The van der Waals surface area contributed by atoms with E-state index in [9.17, 15) is 4.79 Å². The maximum atomic E-state index is 12.9. The van der Waals surface area contributed by atoms with Crippen LogP contribution in [-0.4, -0.2) is 49.6 Å². The molecule has 2 aromatic carbocycles. The molecule has 2 aliphatic rings. The summed E-state index contributed by atoms with van der Waals surface area (Å²) in [6, 6.07) is 16.2. The van der Waals surface area contributed by atoms with Crippen LogP contribution in [0.1, 0.15) is 11.1 Å². The van der Waals surface area contributed by atoms with Crippen molar-refractivity contribution in [3.05, 3.63) is 59.7 Å². The lowest BCUT2D eigenvalue weighted by Crippen LogP contribution is -2.32. The van der Waals surface area contributed by atoms with Crippen LogP contribution in [0, 0.1) is 11.8 Å². The van der Waals surface area contributed by atoms with E-state index in [-0.39, 0.29) is 5.92 Å². The lowest BCUT2D eigenvalue weighted by Gasteiger charge is -2.22. The van der Waals surface area contributed by atoms with E-state index in [1.807, 2.05) is 41.3 Å². The van der Waals surface area contributed by atoms with Crippen molar-refractivity contribution in [1.29, 1.82) is 0 Å². The van der Waals surface area contributed by atoms with E-state index in [0.29, 0.717) is 18.4 Å². The minimum Gasteiger partial charge on any atom is -0.497 e. The minimum absolute atomic E-state index is 0.133. The molecule has 2 fully saturated rings. The van der Waals surface area contributed by atoms with Crippen molar-refractivity contribution in [1.82, 2.24) is 9.80 Å². The molecular formula is C22H26N2O3. The fourth-order valence-corrected chi connectivity index (χ4v) is 4.28. The van der Waals surface area contributed by atoms with Gasteiger partial charge in [-0.05, 0) is 35.4 Å². The molecule has 2 atom stereocenters. The minimum atomic E-state index is 0.133. The number of likely N-dealkylation sites (tertiary alicyclic amines) is 2. The van der Waals surface area contributed by atoms with Crippen LogP contribution in [-0.2, 0) is 17.9 Å². The van der Waals surface area contributed by atoms with Crippen molar-refractivity contribution >= 4 is 5.91 Å². The highest BCUT2D eigenvalue weighted by Crippen LogP contribution is 2.34. The van der Waals surface area contributed by atoms with Gasteiger partial charge in [-0.1, -0.05) is 24.3 Å². The summed E-state index contributed by atoms with van der Waals surface area (Å²) < 4.78 is 10.5. The van der Waals surface area contributed by atoms with E-state index in [0.717, 1.165) is 43.2 Å². The number of ether oxygens (including phenoxy) is 2. The Balaban J connectivity index is 1.35. The number of nitrogens with zero attached hydrogens (tertiary/aromatic N) is 2. The average molecular weight is 366 g/mol. The van der Waals surface area contributed by atoms with E-state index in [1.165, 1.54) is 5.56 Å². The average Bonchev–Trinajstić information content (AvgIpc) is 3.21. The largest absolute Gasteiger partial charge is 0.497 e. The molecule has 0 aliphatic carbocycles. The Hall–Kier alpha value is -2.53. The Bertz CT molecular complexity index is 805. The fourth-order valence-electron chi connectivity index (χ4n) is 4.28. The van der Waals surface area contributed by atoms with Crippen LogP contribution >= 0.6 is 0 Å². The van der Waals surface area contributed by atoms with Crippen LogP contribution in [0.2, 0.25) is 0 Å². The van der Waals surface area contributed by atoms with Gasteiger partial charge >= 0.3 is 0 Å². The predicted octanol–water partition coefficient (Wildman–Crippen LogP) is 2.79. The molecule has 27 heavy (non-hydrogen) atoms. The van der Waals surface area contributed by atoms with Crippen molar-refractivity contribution in [2.75, 3.05) is 33.9 Å². The van der Waals surface area contributed by atoms with Gasteiger partial charge in [-0.3, -0.25) is 9.69 Å². The molecule has 142 valence electrons. The molecule has 2 aliphatic heterocycles. The van der Waals surface area contributed by atoms with E-state index < -0.39 is 0 Å². The highest BCUT2D eigenvalue weighted by Gasteiger charge is 2.45. The van der Waals surface area contributed by atoms with Crippen molar-refractivity contribution in [2.45, 2.75) is 13.1 Å². The first-order valence-electron chi connectivity index (χ1n) is 9.43. The van der Waals surface area contributed by atoms with Crippen LogP contribution in [0.15, 0.2) is 48.5 Å². The quantitative estimate of drug-likeness (QED) is 0.788. The summed E-state index contributed by atoms with van der Waals surface area (Å²) in [6.45, 7) is 4.23. The zero-order valence-electron chi connectivity index (χ0n) is 15.9. The molecule has 2 saturated heterocycles. The monoisotopic (exact) mass is 366 g/mol. The van der Waals surface area contributed by atoms with Crippen LogP contribution in [0.3, 0.4) is 0 Å². The van der Waals surface area contributed by atoms with Crippen molar-refractivity contribution < 1.29 is 14.3 Å². The summed E-state index contributed by atoms with van der Waals surface area (Å²) in [6.07, 6.45) is 0.